The molecule has 0 radical (unpaired) electrons. The summed E-state index contributed by atoms with van der Waals surface area (Å²) < 4.78 is 93.1. The number of hydrogen-bond acceptors (Lipinski definition) is 7. The number of fused-ring (bicyclic) bond motifs is 3. The Balaban J connectivity index is 1.36. The van der Waals surface area contributed by atoms with Crippen LogP contribution in [0.15, 0.2) is 30.2 Å². The quantitative estimate of drug-likeness (QED) is 0.241. The molecule has 1 aromatic carbocycles. The highest BCUT2D eigenvalue weighted by molar-refractivity contribution is 6.32. The number of nitrogens with two attached hydrogens (primary N) is 1. The molecule has 3 aromatic rings. The fraction of sp³-hybridized carbons (Fsp3) is 0.500. The van der Waals surface area contributed by atoms with Crippen molar-refractivity contribution in [2.24, 2.45) is 5.92 Å². The zero-order chi connectivity index (χ0) is 31.0. The van der Waals surface area contributed by atoms with Crippen LogP contribution in [0.25, 0.3) is 22.2 Å². The Morgan fingerprint density at radius 2 is 1.98 bits per heavy atom. The van der Waals surface area contributed by atoms with Gasteiger partial charge in [-0.3, -0.25) is 9.88 Å². The molecule has 0 amide bonds. The van der Waals surface area contributed by atoms with Crippen LogP contribution < -0.4 is 15.4 Å². The zero-order valence-electron chi connectivity index (χ0n) is 23.5. The van der Waals surface area contributed by atoms with Crippen molar-refractivity contribution in [1.82, 2.24) is 19.9 Å². The number of nitrogen functional groups attached to an aromatic ring is 1. The van der Waals surface area contributed by atoms with E-state index in [0.29, 0.717) is 37.8 Å². The Kier molecular flexibility index (Phi) is 7.11. The molecule has 44 heavy (non-hydrogen) atoms. The predicted molar refractivity (Wildman–Crippen MR) is 153 cm³/mol. The summed E-state index contributed by atoms with van der Waals surface area (Å²) >= 11 is 5.94. The average molecular weight is 639 g/mol. The van der Waals surface area contributed by atoms with Gasteiger partial charge < -0.3 is 15.4 Å². The molecule has 1 aliphatic carbocycles. The third kappa shape index (κ3) is 4.83. The van der Waals surface area contributed by atoms with Gasteiger partial charge in [0.2, 0.25) is 0 Å². The number of rotatable bonds is 5. The van der Waals surface area contributed by atoms with E-state index in [0.717, 1.165) is 44.4 Å². The van der Waals surface area contributed by atoms with Gasteiger partial charge in [0.05, 0.1) is 33.9 Å². The Morgan fingerprint density at radius 1 is 1.16 bits per heavy atom. The minimum atomic E-state index is -4.93. The van der Waals surface area contributed by atoms with Gasteiger partial charge in [0, 0.05) is 36.5 Å². The van der Waals surface area contributed by atoms with E-state index in [1.165, 1.54) is 6.20 Å². The van der Waals surface area contributed by atoms with Gasteiger partial charge in [0.1, 0.15) is 29.8 Å². The number of pyridine rings is 1. The fourth-order valence-corrected chi connectivity index (χ4v) is 7.69. The van der Waals surface area contributed by atoms with Crippen LogP contribution in [0.2, 0.25) is 5.02 Å². The first-order valence-electron chi connectivity index (χ1n) is 14.6. The van der Waals surface area contributed by atoms with Crippen molar-refractivity contribution in [1.29, 1.82) is 0 Å². The van der Waals surface area contributed by atoms with Gasteiger partial charge in [0.25, 0.3) is 0 Å². The van der Waals surface area contributed by atoms with E-state index in [9.17, 15) is 22.0 Å². The molecule has 0 unspecified atom stereocenters. The lowest BCUT2D eigenvalue weighted by Crippen LogP contribution is -2.43. The van der Waals surface area contributed by atoms with E-state index < -0.39 is 51.6 Å². The topological polar surface area (TPSA) is 80.4 Å². The number of ether oxygens (including phenoxy) is 1. The molecule has 7 rings (SSSR count). The van der Waals surface area contributed by atoms with E-state index in [2.05, 4.69) is 19.9 Å². The van der Waals surface area contributed by atoms with E-state index in [1.807, 2.05) is 0 Å². The first-order chi connectivity index (χ1) is 21.0. The second-order valence-electron chi connectivity index (χ2n) is 12.2. The van der Waals surface area contributed by atoms with E-state index in [-0.39, 0.29) is 40.9 Å². The molecule has 4 fully saturated rings. The Morgan fingerprint density at radius 3 is 2.75 bits per heavy atom. The lowest BCUT2D eigenvalue weighted by molar-refractivity contribution is -0.137. The van der Waals surface area contributed by atoms with E-state index >= 15 is 4.39 Å². The minimum Gasteiger partial charge on any atom is -0.461 e. The molecular formula is C30H29ClF6N6O. The number of benzene rings is 1. The van der Waals surface area contributed by atoms with Crippen LogP contribution in [0, 0.1) is 11.7 Å². The lowest BCUT2D eigenvalue weighted by atomic mass is 9.94. The smallest absolute Gasteiger partial charge is 0.418 e. The maximum absolute atomic E-state index is 16.4. The number of halogens is 7. The van der Waals surface area contributed by atoms with Gasteiger partial charge in [-0.05, 0) is 56.4 Å². The van der Waals surface area contributed by atoms with Crippen molar-refractivity contribution >= 4 is 34.0 Å². The summed E-state index contributed by atoms with van der Waals surface area (Å²) in [7, 11) is 0. The molecule has 4 aliphatic rings. The monoisotopic (exact) mass is 638 g/mol. The Labute approximate surface area is 254 Å². The van der Waals surface area contributed by atoms with E-state index in [1.54, 1.807) is 4.90 Å². The van der Waals surface area contributed by atoms with Gasteiger partial charge in [-0.1, -0.05) is 18.0 Å². The van der Waals surface area contributed by atoms with Crippen molar-refractivity contribution in [3.05, 3.63) is 46.6 Å². The van der Waals surface area contributed by atoms with Crippen molar-refractivity contribution in [2.45, 2.75) is 62.5 Å². The molecule has 1 saturated carbocycles. The molecule has 0 spiro atoms. The van der Waals surface area contributed by atoms with Gasteiger partial charge in [-0.2, -0.15) is 23.1 Å². The van der Waals surface area contributed by atoms with Gasteiger partial charge in [-0.25, -0.2) is 13.2 Å². The molecule has 14 heteroatoms. The zero-order valence-corrected chi connectivity index (χ0v) is 24.2. The number of alkyl halides is 4. The van der Waals surface area contributed by atoms with Crippen molar-refractivity contribution < 1.29 is 31.1 Å². The van der Waals surface area contributed by atoms with E-state index in [4.69, 9.17) is 22.1 Å². The molecular weight excluding hydrogens is 610 g/mol. The summed E-state index contributed by atoms with van der Waals surface area (Å²) in [6, 6.07) is 1.23. The summed E-state index contributed by atoms with van der Waals surface area (Å²) in [5.74, 6) is -1.13. The molecule has 7 nitrogen and oxygen atoms in total. The summed E-state index contributed by atoms with van der Waals surface area (Å²) in [4.78, 5) is 16.9. The van der Waals surface area contributed by atoms with Gasteiger partial charge >= 0.3 is 12.2 Å². The van der Waals surface area contributed by atoms with Crippen LogP contribution in [-0.4, -0.2) is 63.8 Å². The second-order valence-corrected chi connectivity index (χ2v) is 12.6. The number of anilines is 2. The first kappa shape index (κ1) is 29.4. The van der Waals surface area contributed by atoms with Crippen LogP contribution in [0.1, 0.15) is 44.1 Å². The fourth-order valence-electron chi connectivity index (χ4n) is 7.35. The summed E-state index contributed by atoms with van der Waals surface area (Å²) in [6.45, 7) is 1.79. The third-order valence-corrected chi connectivity index (χ3v) is 9.76. The van der Waals surface area contributed by atoms with Crippen LogP contribution in [-0.2, 0) is 6.18 Å². The van der Waals surface area contributed by atoms with Crippen LogP contribution in [0.4, 0.5) is 37.8 Å². The highest BCUT2D eigenvalue weighted by Crippen LogP contribution is 2.49. The molecule has 3 aliphatic heterocycles. The summed E-state index contributed by atoms with van der Waals surface area (Å²) in [5.41, 5.74) is 2.98. The molecule has 2 aromatic heterocycles. The average Bonchev–Trinajstić information content (AvgIpc) is 3.32. The van der Waals surface area contributed by atoms with Crippen LogP contribution in [0.3, 0.4) is 0 Å². The molecule has 4 atom stereocenters. The van der Waals surface area contributed by atoms with Crippen LogP contribution in [0.5, 0.6) is 6.01 Å². The molecule has 2 N–H and O–H groups in total. The van der Waals surface area contributed by atoms with Crippen LogP contribution >= 0.6 is 11.6 Å². The normalized spacial score (nSPS) is 27.9. The highest BCUT2D eigenvalue weighted by Gasteiger charge is 2.55. The predicted octanol–water partition coefficient (Wildman–Crippen LogP) is 6.88. The van der Waals surface area contributed by atoms with Crippen molar-refractivity contribution in [3.8, 4) is 17.3 Å². The van der Waals surface area contributed by atoms with Crippen molar-refractivity contribution in [2.75, 3.05) is 36.9 Å². The molecule has 0 bridgehead atoms. The number of aromatic nitrogens is 3. The summed E-state index contributed by atoms with van der Waals surface area (Å²) in [5, 5.41) is -0.579. The molecule has 3 saturated heterocycles. The maximum atomic E-state index is 16.4. The lowest BCUT2D eigenvalue weighted by Gasteiger charge is -2.31. The Bertz CT molecular complexity index is 1670. The standard InChI is InChI=1S/C30H29ClF6N6O/c31-20-9-16(38)8-18(21(20)30(35,36)37)24-23(34)25-19(12-39-24)27(43-7-2-1-4-17-22(33)26(17)43)41-28(40-25)44-14-29-5-3-6-42(29)13-15(10-29)11-32/h8-9,11-12,17,22,26H,1-7,10,13-14,38H2/b15-11-/t17-,22-,26-,29-/m0/s1. The first-order valence-corrected chi connectivity index (χ1v) is 15.0. The minimum absolute atomic E-state index is 0.0929. The largest absolute Gasteiger partial charge is 0.461 e. The Hall–Kier alpha value is -3.32. The van der Waals surface area contributed by atoms with Gasteiger partial charge in [0.15, 0.2) is 5.82 Å². The number of nitrogens with zero attached hydrogens (tertiary/aromatic N) is 5. The summed E-state index contributed by atoms with van der Waals surface area (Å²) in [6.07, 6.45) is 0.199. The maximum Gasteiger partial charge on any atom is 0.418 e. The number of hydrogen-bond donors (Lipinski definition) is 1. The van der Waals surface area contributed by atoms with Gasteiger partial charge in [-0.15, -0.1) is 0 Å². The molecule has 234 valence electrons. The highest BCUT2D eigenvalue weighted by atomic mass is 35.5. The second kappa shape index (κ2) is 10.6. The third-order valence-electron chi connectivity index (χ3n) is 9.46. The SMILES string of the molecule is Nc1cc(Cl)c(C(F)(F)F)c(-c2ncc3c(N4CCCC[C@H]5[C@H](F)[C@H]54)nc(OC[C@@]45CCCN4C/C(=C\F)C5)nc3c2F)c1. The molecule has 5 heterocycles. The van der Waals surface area contributed by atoms with Crippen molar-refractivity contribution in [3.63, 3.8) is 0 Å².